The van der Waals surface area contributed by atoms with Crippen LogP contribution in [0.2, 0.25) is 0 Å². The molecule has 0 unspecified atom stereocenters. The van der Waals surface area contributed by atoms with Crippen LogP contribution in [0.4, 0.5) is 0 Å². The number of aliphatic imine (C=N–C) groups is 2. The molecule has 0 spiro atoms. The van der Waals surface area contributed by atoms with Gasteiger partial charge in [0, 0.05) is 17.9 Å². The van der Waals surface area contributed by atoms with Gasteiger partial charge in [0.05, 0.1) is 12.6 Å². The summed E-state index contributed by atoms with van der Waals surface area (Å²) in [7, 11) is 0. The SMILES string of the molecule is CCOC1=N[C@H](Cc2ccccc2)C(C)=N[C@H]1CS. The Balaban J connectivity index is 2.15. The molecule has 0 fully saturated rings. The van der Waals surface area contributed by atoms with Crippen molar-refractivity contribution < 1.29 is 4.74 Å². The second-order valence-electron chi connectivity index (χ2n) is 4.57. The Morgan fingerprint density at radius 1 is 1.16 bits per heavy atom. The van der Waals surface area contributed by atoms with Crippen LogP contribution in [0.25, 0.3) is 0 Å². The average molecular weight is 276 g/mol. The normalized spacial score (nSPS) is 22.7. The molecular weight excluding hydrogens is 256 g/mol. The Hall–Kier alpha value is -1.29. The van der Waals surface area contributed by atoms with Crippen molar-refractivity contribution in [3.8, 4) is 0 Å². The largest absolute Gasteiger partial charge is 0.480 e. The van der Waals surface area contributed by atoms with Gasteiger partial charge in [-0.05, 0) is 19.4 Å². The highest BCUT2D eigenvalue weighted by molar-refractivity contribution is 7.80. The third-order valence-corrected chi connectivity index (χ3v) is 3.49. The Morgan fingerprint density at radius 2 is 1.89 bits per heavy atom. The Kier molecular flexibility index (Phi) is 5.02. The summed E-state index contributed by atoms with van der Waals surface area (Å²) >= 11 is 4.32. The van der Waals surface area contributed by atoms with E-state index in [9.17, 15) is 0 Å². The van der Waals surface area contributed by atoms with E-state index in [1.807, 2.05) is 32.0 Å². The van der Waals surface area contributed by atoms with Gasteiger partial charge in [-0.1, -0.05) is 30.3 Å². The number of thiol groups is 1. The van der Waals surface area contributed by atoms with E-state index in [1.54, 1.807) is 0 Å². The molecule has 0 aliphatic carbocycles. The number of nitrogens with zero attached hydrogens (tertiary/aromatic N) is 2. The fourth-order valence-electron chi connectivity index (χ4n) is 2.15. The lowest BCUT2D eigenvalue weighted by Crippen LogP contribution is -2.35. The quantitative estimate of drug-likeness (QED) is 0.843. The summed E-state index contributed by atoms with van der Waals surface area (Å²) in [6, 6.07) is 10.4. The lowest BCUT2D eigenvalue weighted by molar-refractivity contribution is 0.309. The smallest absolute Gasteiger partial charge is 0.210 e. The molecule has 1 aromatic carbocycles. The molecular formula is C15H20N2OS. The molecule has 1 aliphatic rings. The minimum absolute atomic E-state index is 0.0321. The Bertz CT molecular complexity index is 470. The number of ether oxygens (including phenoxy) is 1. The first-order valence-corrected chi connectivity index (χ1v) is 7.27. The summed E-state index contributed by atoms with van der Waals surface area (Å²) in [5, 5.41) is 0. The molecule has 3 nitrogen and oxygen atoms in total. The molecule has 1 aliphatic heterocycles. The van der Waals surface area contributed by atoms with E-state index in [4.69, 9.17) is 9.73 Å². The highest BCUT2D eigenvalue weighted by Gasteiger charge is 2.25. The highest BCUT2D eigenvalue weighted by atomic mass is 32.1. The maximum absolute atomic E-state index is 5.60. The minimum atomic E-state index is -0.0321. The van der Waals surface area contributed by atoms with Gasteiger partial charge in [0.15, 0.2) is 0 Å². The molecule has 0 N–H and O–H groups in total. The first-order valence-electron chi connectivity index (χ1n) is 6.64. The van der Waals surface area contributed by atoms with E-state index < -0.39 is 0 Å². The van der Waals surface area contributed by atoms with Crippen molar-refractivity contribution in [3.63, 3.8) is 0 Å². The third-order valence-electron chi connectivity index (χ3n) is 3.15. The standard InChI is InChI=1S/C15H20N2OS/c1-3-18-15-14(10-19)16-11(2)13(17-15)9-12-7-5-4-6-8-12/h4-8,13-14,19H,3,9-10H2,1-2H3/t13-,14+/m1/s1. The zero-order valence-electron chi connectivity index (χ0n) is 11.4. The summed E-state index contributed by atoms with van der Waals surface area (Å²) in [5.41, 5.74) is 2.33. The molecule has 0 saturated carbocycles. The number of hydrogen-bond donors (Lipinski definition) is 1. The van der Waals surface area contributed by atoms with E-state index in [2.05, 4.69) is 29.8 Å². The summed E-state index contributed by atoms with van der Waals surface area (Å²) in [5.74, 6) is 1.36. The Morgan fingerprint density at radius 3 is 2.53 bits per heavy atom. The molecule has 2 rings (SSSR count). The molecule has 2 atom stereocenters. The summed E-state index contributed by atoms with van der Waals surface area (Å²) in [6.45, 7) is 4.63. The molecule has 1 heterocycles. The van der Waals surface area contributed by atoms with Gasteiger partial charge in [-0.25, -0.2) is 4.99 Å². The van der Waals surface area contributed by atoms with Crippen LogP contribution in [-0.4, -0.2) is 36.1 Å². The van der Waals surface area contributed by atoms with Gasteiger partial charge in [0.25, 0.3) is 0 Å². The molecule has 0 amide bonds. The zero-order valence-corrected chi connectivity index (χ0v) is 12.3. The summed E-state index contributed by atoms with van der Waals surface area (Å²) in [4.78, 5) is 9.38. The van der Waals surface area contributed by atoms with Crippen LogP contribution < -0.4 is 0 Å². The van der Waals surface area contributed by atoms with Crippen LogP contribution in [0.5, 0.6) is 0 Å². The number of rotatable bonds is 4. The predicted molar refractivity (Wildman–Crippen MR) is 83.7 cm³/mol. The van der Waals surface area contributed by atoms with Crippen molar-refractivity contribution in [2.75, 3.05) is 12.4 Å². The molecule has 0 radical (unpaired) electrons. The van der Waals surface area contributed by atoms with E-state index in [-0.39, 0.29) is 12.1 Å². The molecule has 0 aromatic heterocycles. The van der Waals surface area contributed by atoms with E-state index in [0.29, 0.717) is 12.4 Å². The van der Waals surface area contributed by atoms with Gasteiger partial charge in [-0.2, -0.15) is 12.6 Å². The highest BCUT2D eigenvalue weighted by Crippen LogP contribution is 2.16. The van der Waals surface area contributed by atoms with Crippen LogP contribution in [0.3, 0.4) is 0 Å². The van der Waals surface area contributed by atoms with Gasteiger partial charge in [-0.3, -0.25) is 4.99 Å². The van der Waals surface area contributed by atoms with Gasteiger partial charge in [-0.15, -0.1) is 0 Å². The van der Waals surface area contributed by atoms with Crippen molar-refractivity contribution >= 4 is 24.2 Å². The second kappa shape index (κ2) is 6.75. The molecule has 1 aromatic rings. The van der Waals surface area contributed by atoms with E-state index >= 15 is 0 Å². The molecule has 0 saturated heterocycles. The monoisotopic (exact) mass is 276 g/mol. The first kappa shape index (κ1) is 14.1. The second-order valence-corrected chi connectivity index (χ2v) is 4.94. The number of hydrogen-bond acceptors (Lipinski definition) is 4. The lowest BCUT2D eigenvalue weighted by atomic mass is 10.0. The van der Waals surface area contributed by atoms with E-state index in [1.165, 1.54) is 5.56 Å². The van der Waals surface area contributed by atoms with Gasteiger partial charge in [0.2, 0.25) is 5.90 Å². The fraction of sp³-hybridized carbons (Fsp3) is 0.467. The fourth-order valence-corrected chi connectivity index (χ4v) is 2.39. The first-order chi connectivity index (χ1) is 9.24. The van der Waals surface area contributed by atoms with Crippen molar-refractivity contribution in [1.82, 2.24) is 0 Å². The minimum Gasteiger partial charge on any atom is -0.480 e. The van der Waals surface area contributed by atoms with Crippen LogP contribution in [0.15, 0.2) is 40.3 Å². The summed E-state index contributed by atoms with van der Waals surface area (Å²) in [6.07, 6.45) is 0.867. The van der Waals surface area contributed by atoms with Crippen molar-refractivity contribution in [2.24, 2.45) is 9.98 Å². The molecule has 4 heteroatoms. The Labute approximate surface area is 120 Å². The number of benzene rings is 1. The van der Waals surface area contributed by atoms with Crippen molar-refractivity contribution in [3.05, 3.63) is 35.9 Å². The van der Waals surface area contributed by atoms with Crippen LogP contribution in [0.1, 0.15) is 19.4 Å². The van der Waals surface area contributed by atoms with Crippen LogP contribution in [0, 0.1) is 0 Å². The third kappa shape index (κ3) is 3.60. The van der Waals surface area contributed by atoms with Crippen molar-refractivity contribution in [1.29, 1.82) is 0 Å². The zero-order chi connectivity index (χ0) is 13.7. The van der Waals surface area contributed by atoms with Crippen LogP contribution >= 0.6 is 12.6 Å². The van der Waals surface area contributed by atoms with Crippen LogP contribution in [-0.2, 0) is 11.2 Å². The maximum Gasteiger partial charge on any atom is 0.210 e. The summed E-state index contributed by atoms with van der Waals surface area (Å²) < 4.78 is 5.60. The molecule has 102 valence electrons. The van der Waals surface area contributed by atoms with Gasteiger partial charge in [0.1, 0.15) is 6.04 Å². The van der Waals surface area contributed by atoms with Crippen molar-refractivity contribution in [2.45, 2.75) is 32.4 Å². The van der Waals surface area contributed by atoms with Gasteiger partial charge < -0.3 is 4.74 Å². The molecule has 19 heavy (non-hydrogen) atoms. The predicted octanol–water partition coefficient (Wildman–Crippen LogP) is 2.81. The van der Waals surface area contributed by atoms with E-state index in [0.717, 1.165) is 18.0 Å². The van der Waals surface area contributed by atoms with Gasteiger partial charge >= 0.3 is 0 Å². The molecule has 0 bridgehead atoms. The maximum atomic E-state index is 5.60. The topological polar surface area (TPSA) is 34.0 Å². The average Bonchev–Trinajstić information content (AvgIpc) is 2.43. The lowest BCUT2D eigenvalue weighted by Gasteiger charge is -2.24.